The predicted molar refractivity (Wildman–Crippen MR) is 86.2 cm³/mol. The Morgan fingerprint density at radius 2 is 1.80 bits per heavy atom. The lowest BCUT2D eigenvalue weighted by Gasteiger charge is -2.09. The van der Waals surface area contributed by atoms with E-state index in [9.17, 15) is 0 Å². The summed E-state index contributed by atoms with van der Waals surface area (Å²) in [5.41, 5.74) is 5.53. The van der Waals surface area contributed by atoms with Gasteiger partial charge in [0.2, 0.25) is 0 Å². The molecule has 1 nitrogen and oxygen atoms in total. The smallest absolute Gasteiger partial charge is 0.0400 e. The zero-order chi connectivity index (χ0) is 13.8. The van der Waals surface area contributed by atoms with Crippen LogP contribution in [0.1, 0.15) is 48.8 Å². The Bertz CT molecular complexity index is 552. The zero-order valence-electron chi connectivity index (χ0n) is 12.2. The summed E-state index contributed by atoms with van der Waals surface area (Å²) in [6, 6.07) is 17.9. The number of benzene rings is 2. The van der Waals surface area contributed by atoms with Gasteiger partial charge in [0.1, 0.15) is 0 Å². The normalized spacial score (nSPS) is 14.2. The van der Waals surface area contributed by atoms with Crippen molar-refractivity contribution in [3.05, 3.63) is 65.2 Å². The lowest BCUT2D eigenvalue weighted by molar-refractivity contribution is 0.922. The quantitative estimate of drug-likeness (QED) is 0.763. The average molecular weight is 265 g/mol. The van der Waals surface area contributed by atoms with Crippen molar-refractivity contribution in [2.45, 2.75) is 45.1 Å². The van der Waals surface area contributed by atoms with Gasteiger partial charge in [-0.15, -0.1) is 0 Å². The lowest BCUT2D eigenvalue weighted by atomic mass is 10.1. The molecule has 1 heteroatoms. The summed E-state index contributed by atoms with van der Waals surface area (Å²) in [6.45, 7) is 3.13. The summed E-state index contributed by atoms with van der Waals surface area (Å²) in [7, 11) is 0. The van der Waals surface area contributed by atoms with Crippen LogP contribution in [0.2, 0.25) is 0 Å². The van der Waals surface area contributed by atoms with E-state index >= 15 is 0 Å². The zero-order valence-corrected chi connectivity index (χ0v) is 12.2. The van der Waals surface area contributed by atoms with Gasteiger partial charge in [-0.05, 0) is 54.0 Å². The second kappa shape index (κ2) is 6.13. The van der Waals surface area contributed by atoms with Gasteiger partial charge in [-0.3, -0.25) is 0 Å². The highest BCUT2D eigenvalue weighted by molar-refractivity contribution is 5.45. The van der Waals surface area contributed by atoms with Crippen LogP contribution in [0, 0.1) is 0 Å². The minimum atomic E-state index is 0.836. The molecule has 0 aliphatic heterocycles. The second-order valence-electron chi connectivity index (χ2n) is 5.82. The molecule has 0 saturated heterocycles. The number of aryl methyl sites for hydroxylation is 1. The van der Waals surface area contributed by atoms with Crippen LogP contribution in [0.25, 0.3) is 0 Å². The van der Waals surface area contributed by atoms with Crippen molar-refractivity contribution < 1.29 is 0 Å². The van der Waals surface area contributed by atoms with Crippen LogP contribution in [0.3, 0.4) is 0 Å². The van der Waals surface area contributed by atoms with Gasteiger partial charge in [-0.1, -0.05) is 49.7 Å². The largest absolute Gasteiger partial charge is 0.381 e. The Kier molecular flexibility index (Phi) is 4.05. The summed E-state index contributed by atoms with van der Waals surface area (Å²) in [4.78, 5) is 0. The minimum Gasteiger partial charge on any atom is -0.381 e. The van der Waals surface area contributed by atoms with E-state index in [2.05, 4.69) is 60.8 Å². The molecule has 0 bridgehead atoms. The maximum atomic E-state index is 3.52. The van der Waals surface area contributed by atoms with E-state index < -0.39 is 0 Å². The van der Waals surface area contributed by atoms with Gasteiger partial charge in [-0.25, -0.2) is 0 Å². The van der Waals surface area contributed by atoms with Gasteiger partial charge in [-0.2, -0.15) is 0 Å². The standard InChI is InChI=1S/C19H23N/c1-2-4-15-7-11-19(12-8-15)20-14-16-5-3-6-18(13-16)17-9-10-17/h3,5-8,11-13,17,20H,2,4,9-10,14H2,1H3. The molecule has 1 fully saturated rings. The van der Waals surface area contributed by atoms with Crippen molar-refractivity contribution in [1.29, 1.82) is 0 Å². The first-order valence-corrected chi connectivity index (χ1v) is 7.77. The van der Waals surface area contributed by atoms with Gasteiger partial charge in [0, 0.05) is 12.2 Å². The predicted octanol–water partition coefficient (Wildman–Crippen LogP) is 5.13. The molecule has 1 aliphatic rings. The Balaban J connectivity index is 1.59. The number of rotatable bonds is 6. The monoisotopic (exact) mass is 265 g/mol. The molecule has 0 spiro atoms. The van der Waals surface area contributed by atoms with Crippen LogP contribution in [0.5, 0.6) is 0 Å². The summed E-state index contributed by atoms with van der Waals surface area (Å²) >= 11 is 0. The molecule has 3 rings (SSSR count). The highest BCUT2D eigenvalue weighted by Gasteiger charge is 2.23. The van der Waals surface area contributed by atoms with Crippen LogP contribution < -0.4 is 5.32 Å². The number of hydrogen-bond acceptors (Lipinski definition) is 1. The third-order valence-corrected chi connectivity index (χ3v) is 3.99. The summed E-state index contributed by atoms with van der Waals surface area (Å²) in [5.74, 6) is 0.836. The molecule has 2 aromatic carbocycles. The first kappa shape index (κ1) is 13.2. The molecule has 1 aliphatic carbocycles. The van der Waals surface area contributed by atoms with Crippen molar-refractivity contribution in [3.8, 4) is 0 Å². The van der Waals surface area contributed by atoms with Crippen LogP contribution in [-0.2, 0) is 13.0 Å². The van der Waals surface area contributed by atoms with Crippen molar-refractivity contribution in [2.24, 2.45) is 0 Å². The molecule has 1 saturated carbocycles. The Morgan fingerprint density at radius 3 is 2.50 bits per heavy atom. The maximum Gasteiger partial charge on any atom is 0.0400 e. The molecule has 0 atom stereocenters. The summed E-state index contributed by atoms with van der Waals surface area (Å²) < 4.78 is 0. The highest BCUT2D eigenvalue weighted by atomic mass is 14.9. The summed E-state index contributed by atoms with van der Waals surface area (Å²) in [5, 5.41) is 3.52. The van der Waals surface area contributed by atoms with E-state index in [0.717, 1.165) is 12.5 Å². The molecule has 104 valence electrons. The van der Waals surface area contributed by atoms with E-state index in [0.29, 0.717) is 0 Å². The Morgan fingerprint density at radius 1 is 1.00 bits per heavy atom. The molecule has 0 unspecified atom stereocenters. The Hall–Kier alpha value is -1.76. The van der Waals surface area contributed by atoms with Gasteiger partial charge in [0.05, 0.1) is 0 Å². The minimum absolute atomic E-state index is 0.836. The molecule has 1 N–H and O–H groups in total. The van der Waals surface area contributed by atoms with Crippen molar-refractivity contribution in [1.82, 2.24) is 0 Å². The average Bonchev–Trinajstić information content (AvgIpc) is 3.32. The number of hydrogen-bond donors (Lipinski definition) is 1. The molecule has 0 aromatic heterocycles. The molecule has 0 amide bonds. The fraction of sp³-hybridized carbons (Fsp3) is 0.368. The fourth-order valence-electron chi connectivity index (χ4n) is 2.66. The van der Waals surface area contributed by atoms with Gasteiger partial charge < -0.3 is 5.32 Å². The SMILES string of the molecule is CCCc1ccc(NCc2cccc(C3CC3)c2)cc1. The van der Waals surface area contributed by atoms with Crippen LogP contribution in [0.15, 0.2) is 48.5 Å². The van der Waals surface area contributed by atoms with Crippen LogP contribution in [-0.4, -0.2) is 0 Å². The maximum absolute atomic E-state index is 3.52. The number of anilines is 1. The molecule has 20 heavy (non-hydrogen) atoms. The van der Waals surface area contributed by atoms with Gasteiger partial charge in [0.25, 0.3) is 0 Å². The van der Waals surface area contributed by atoms with E-state index in [-0.39, 0.29) is 0 Å². The van der Waals surface area contributed by atoms with Crippen LogP contribution >= 0.6 is 0 Å². The van der Waals surface area contributed by atoms with Crippen LogP contribution in [0.4, 0.5) is 5.69 Å². The van der Waals surface area contributed by atoms with Gasteiger partial charge in [0.15, 0.2) is 0 Å². The van der Waals surface area contributed by atoms with E-state index in [4.69, 9.17) is 0 Å². The first-order valence-electron chi connectivity index (χ1n) is 7.77. The Labute approximate surface area is 122 Å². The summed E-state index contributed by atoms with van der Waals surface area (Å²) in [6.07, 6.45) is 5.12. The van der Waals surface area contributed by atoms with E-state index in [1.807, 2.05) is 0 Å². The lowest BCUT2D eigenvalue weighted by Crippen LogP contribution is -2.00. The first-order chi connectivity index (χ1) is 9.85. The van der Waals surface area contributed by atoms with Gasteiger partial charge >= 0.3 is 0 Å². The topological polar surface area (TPSA) is 12.0 Å². The third-order valence-electron chi connectivity index (χ3n) is 3.99. The molecule has 0 heterocycles. The third kappa shape index (κ3) is 3.41. The molecular weight excluding hydrogens is 242 g/mol. The van der Waals surface area contributed by atoms with E-state index in [1.165, 1.54) is 48.1 Å². The van der Waals surface area contributed by atoms with E-state index in [1.54, 1.807) is 0 Å². The molecule has 0 radical (unpaired) electrons. The van der Waals surface area contributed by atoms with Crippen molar-refractivity contribution in [3.63, 3.8) is 0 Å². The highest BCUT2D eigenvalue weighted by Crippen LogP contribution is 2.40. The molecule has 2 aromatic rings. The number of nitrogens with one attached hydrogen (secondary N) is 1. The van der Waals surface area contributed by atoms with Crippen molar-refractivity contribution in [2.75, 3.05) is 5.32 Å². The van der Waals surface area contributed by atoms with Crippen molar-refractivity contribution >= 4 is 5.69 Å². The second-order valence-corrected chi connectivity index (χ2v) is 5.82. The fourth-order valence-corrected chi connectivity index (χ4v) is 2.66. The molecular formula is C19H23N.